The average molecular weight is 537 g/mol. The fourth-order valence-corrected chi connectivity index (χ4v) is 3.46. The van der Waals surface area contributed by atoms with Gasteiger partial charge in [-0.15, -0.1) is 0 Å². The molecule has 3 rings (SSSR count). The lowest BCUT2D eigenvalue weighted by Gasteiger charge is -2.26. The van der Waals surface area contributed by atoms with E-state index in [2.05, 4.69) is 15.8 Å². The fraction of sp³-hybridized carbons (Fsp3) is 0.240. The zero-order valence-electron chi connectivity index (χ0n) is 19.0. The minimum Gasteiger partial charge on any atom is -0.507 e. The third-order valence-corrected chi connectivity index (χ3v) is 5.40. The number of nitrogens with one attached hydrogen (secondary N) is 2. The minimum atomic E-state index is -1.88. The van der Waals surface area contributed by atoms with E-state index < -0.39 is 15.9 Å². The lowest BCUT2D eigenvalue weighted by atomic mass is 10.1. The Labute approximate surface area is 218 Å². The normalized spacial score (nSPS) is 12.6. The number of benzene rings is 3. The first-order valence-corrected chi connectivity index (χ1v) is 11.8. The number of nitrogens with zero attached hydrogens (tertiary/aromatic N) is 1. The number of rotatable bonds is 8. The van der Waals surface area contributed by atoms with Crippen molar-refractivity contribution < 1.29 is 19.4 Å². The summed E-state index contributed by atoms with van der Waals surface area (Å²) in [5.41, 5.74) is 3.16. The van der Waals surface area contributed by atoms with Crippen molar-refractivity contribution in [2.24, 2.45) is 11.0 Å². The van der Waals surface area contributed by atoms with E-state index in [1.54, 1.807) is 30.3 Å². The minimum absolute atomic E-state index is 0.113. The van der Waals surface area contributed by atoms with Gasteiger partial charge in [0, 0.05) is 6.42 Å². The van der Waals surface area contributed by atoms with Crippen molar-refractivity contribution in [3.05, 3.63) is 71.8 Å². The molecule has 1 atom stereocenters. The van der Waals surface area contributed by atoms with Gasteiger partial charge in [0.15, 0.2) is 0 Å². The van der Waals surface area contributed by atoms with E-state index in [-0.39, 0.29) is 29.6 Å². The number of carbonyl (C=O) groups excluding carboxylic acids is 2. The smallest absolute Gasteiger partial charge is 0.275 e. The maximum atomic E-state index is 12.4. The first kappa shape index (κ1) is 26.6. The molecule has 3 aromatic carbocycles. The summed E-state index contributed by atoms with van der Waals surface area (Å²) in [6, 6.07) is 17.1. The van der Waals surface area contributed by atoms with Crippen LogP contribution in [0.1, 0.15) is 36.2 Å². The fourth-order valence-electron chi connectivity index (χ4n) is 3.16. The van der Waals surface area contributed by atoms with E-state index in [0.29, 0.717) is 11.3 Å². The van der Waals surface area contributed by atoms with Crippen LogP contribution in [-0.4, -0.2) is 33.2 Å². The lowest BCUT2D eigenvalue weighted by molar-refractivity contribution is -0.124. The van der Waals surface area contributed by atoms with Gasteiger partial charge in [-0.1, -0.05) is 72.9 Å². The van der Waals surface area contributed by atoms with Gasteiger partial charge in [-0.25, -0.2) is 5.43 Å². The van der Waals surface area contributed by atoms with Crippen LogP contribution >= 0.6 is 34.8 Å². The topological polar surface area (TPSA) is 100 Å². The monoisotopic (exact) mass is 535 g/mol. The summed E-state index contributed by atoms with van der Waals surface area (Å²) in [5, 5.41) is 18.3. The Morgan fingerprint density at radius 1 is 1.06 bits per heavy atom. The summed E-state index contributed by atoms with van der Waals surface area (Å²) in [5.74, 6) is -0.494. The van der Waals surface area contributed by atoms with Crippen molar-refractivity contribution >= 4 is 63.6 Å². The number of phenolic OH excluding ortho intramolecular Hbond substituents is 1. The molecule has 0 bridgehead atoms. The predicted octanol–water partition coefficient (Wildman–Crippen LogP) is 5.55. The molecule has 0 aliphatic rings. The Bertz CT molecular complexity index is 1220. The van der Waals surface area contributed by atoms with Crippen molar-refractivity contribution in [3.8, 4) is 11.5 Å². The van der Waals surface area contributed by atoms with E-state index in [1.165, 1.54) is 12.3 Å². The zero-order chi connectivity index (χ0) is 25.6. The molecule has 0 spiro atoms. The highest BCUT2D eigenvalue weighted by molar-refractivity contribution is 6.68. The number of ether oxygens (including phenoxy) is 1. The molecule has 0 aromatic heterocycles. The maximum Gasteiger partial charge on any atom is 0.275 e. The Morgan fingerprint density at radius 3 is 2.29 bits per heavy atom. The summed E-state index contributed by atoms with van der Waals surface area (Å²) in [4.78, 5) is 24.5. The van der Waals surface area contributed by atoms with Gasteiger partial charge in [-0.05, 0) is 58.7 Å². The van der Waals surface area contributed by atoms with Crippen LogP contribution in [0.15, 0.2) is 65.8 Å². The van der Waals surface area contributed by atoms with E-state index in [1.807, 2.05) is 38.1 Å². The van der Waals surface area contributed by atoms with E-state index in [0.717, 1.165) is 10.8 Å². The predicted molar refractivity (Wildman–Crippen MR) is 139 cm³/mol. The second-order valence-corrected chi connectivity index (χ2v) is 10.6. The molecule has 2 amide bonds. The highest BCUT2D eigenvalue weighted by atomic mass is 35.6. The van der Waals surface area contributed by atoms with Gasteiger partial charge >= 0.3 is 0 Å². The SMILES string of the molecule is CC(C)CC(=O)NC(Oc1ccc(/C=N/NC(=O)c2cc3ccccc3cc2O)cc1)C(Cl)(Cl)Cl. The highest BCUT2D eigenvalue weighted by Gasteiger charge is 2.36. The standard InChI is InChI=1S/C25H24Cl3N3O4/c1-15(2)11-22(33)30-24(25(26,27)28)35-19-9-7-16(8-10-19)14-29-31-23(34)20-12-17-5-3-4-6-18(17)13-21(20)32/h3-10,12-15,24,32H,11H2,1-2H3,(H,30,33)(H,31,34)/b29-14+. The Morgan fingerprint density at radius 2 is 1.69 bits per heavy atom. The number of fused-ring (bicyclic) bond motifs is 1. The van der Waals surface area contributed by atoms with Crippen molar-refractivity contribution in [1.82, 2.24) is 10.7 Å². The number of hydrogen-bond acceptors (Lipinski definition) is 5. The van der Waals surface area contributed by atoms with Crippen LogP contribution in [0.2, 0.25) is 0 Å². The van der Waals surface area contributed by atoms with Gasteiger partial charge in [0.25, 0.3) is 5.91 Å². The first-order chi connectivity index (χ1) is 16.5. The summed E-state index contributed by atoms with van der Waals surface area (Å²) < 4.78 is 3.78. The second-order valence-electron chi connectivity index (χ2n) is 8.19. The van der Waals surface area contributed by atoms with Crippen molar-refractivity contribution in [2.45, 2.75) is 30.3 Å². The van der Waals surface area contributed by atoms with Gasteiger partial charge in [-0.2, -0.15) is 5.10 Å². The number of halogens is 3. The van der Waals surface area contributed by atoms with Crippen LogP contribution < -0.4 is 15.5 Å². The van der Waals surface area contributed by atoms with Gasteiger partial charge in [0.1, 0.15) is 11.5 Å². The summed E-state index contributed by atoms with van der Waals surface area (Å²) in [7, 11) is 0. The van der Waals surface area contributed by atoms with Gasteiger partial charge in [0.2, 0.25) is 15.9 Å². The van der Waals surface area contributed by atoms with Crippen LogP contribution in [0, 0.1) is 5.92 Å². The number of phenols is 1. The molecule has 35 heavy (non-hydrogen) atoms. The molecule has 0 aliphatic carbocycles. The summed E-state index contributed by atoms with van der Waals surface area (Å²) in [6.45, 7) is 3.80. The van der Waals surface area contributed by atoms with Gasteiger partial charge in [0.05, 0.1) is 11.8 Å². The van der Waals surface area contributed by atoms with E-state index in [4.69, 9.17) is 39.5 Å². The number of hydrogen-bond donors (Lipinski definition) is 3. The number of aromatic hydroxyl groups is 1. The first-order valence-electron chi connectivity index (χ1n) is 10.7. The number of amides is 2. The summed E-state index contributed by atoms with van der Waals surface area (Å²) in [6.07, 6.45) is 0.502. The molecule has 3 aromatic rings. The molecular weight excluding hydrogens is 513 g/mol. The van der Waals surface area contributed by atoms with Crippen LogP contribution in [0.4, 0.5) is 0 Å². The molecule has 0 heterocycles. The molecule has 0 saturated heterocycles. The van der Waals surface area contributed by atoms with Crippen LogP contribution in [-0.2, 0) is 4.79 Å². The Balaban J connectivity index is 1.62. The van der Waals surface area contributed by atoms with Crippen molar-refractivity contribution in [2.75, 3.05) is 0 Å². The molecule has 10 heteroatoms. The quantitative estimate of drug-likeness (QED) is 0.152. The third-order valence-electron chi connectivity index (χ3n) is 4.81. The van der Waals surface area contributed by atoms with Crippen molar-refractivity contribution in [1.29, 1.82) is 0 Å². The van der Waals surface area contributed by atoms with E-state index >= 15 is 0 Å². The molecular formula is C25H24Cl3N3O4. The van der Waals surface area contributed by atoms with Crippen LogP contribution in [0.5, 0.6) is 11.5 Å². The number of hydrazone groups is 1. The molecule has 0 aliphatic heterocycles. The Hall–Kier alpha value is -3.00. The molecule has 0 fully saturated rings. The second kappa shape index (κ2) is 11.6. The molecule has 0 saturated carbocycles. The zero-order valence-corrected chi connectivity index (χ0v) is 21.2. The van der Waals surface area contributed by atoms with Gasteiger partial charge < -0.3 is 15.2 Å². The number of alkyl halides is 3. The molecule has 3 N–H and O–H groups in total. The van der Waals surface area contributed by atoms with E-state index in [9.17, 15) is 14.7 Å². The molecule has 1 unspecified atom stereocenters. The van der Waals surface area contributed by atoms with Crippen LogP contribution in [0.25, 0.3) is 10.8 Å². The molecule has 7 nitrogen and oxygen atoms in total. The lowest BCUT2D eigenvalue weighted by Crippen LogP contribution is -2.48. The number of carbonyl (C=O) groups is 2. The Kier molecular flexibility index (Phi) is 8.83. The van der Waals surface area contributed by atoms with Gasteiger partial charge in [-0.3, -0.25) is 9.59 Å². The molecule has 184 valence electrons. The largest absolute Gasteiger partial charge is 0.507 e. The highest BCUT2D eigenvalue weighted by Crippen LogP contribution is 2.32. The average Bonchev–Trinajstić information content (AvgIpc) is 2.78. The van der Waals surface area contributed by atoms with Crippen molar-refractivity contribution in [3.63, 3.8) is 0 Å². The van der Waals surface area contributed by atoms with Crippen LogP contribution in [0.3, 0.4) is 0 Å². The summed E-state index contributed by atoms with van der Waals surface area (Å²) >= 11 is 17.9. The maximum absolute atomic E-state index is 12.4. The molecule has 0 radical (unpaired) electrons. The third kappa shape index (κ3) is 7.75.